The Bertz CT molecular complexity index is 1590. The number of pyridine rings is 1. The van der Waals surface area contributed by atoms with Gasteiger partial charge in [-0.25, -0.2) is 23.3 Å². The Labute approximate surface area is 224 Å². The number of ether oxygens (including phenoxy) is 1. The second-order valence-electron chi connectivity index (χ2n) is 9.50. The van der Waals surface area contributed by atoms with Crippen molar-refractivity contribution in [2.75, 3.05) is 25.9 Å². The Morgan fingerprint density at radius 3 is 2.67 bits per heavy atom. The fourth-order valence-corrected chi connectivity index (χ4v) is 4.82. The molecule has 40 heavy (non-hydrogen) atoms. The molecule has 1 saturated heterocycles. The number of halogens is 5. The molecule has 3 N–H and O–H groups in total. The summed E-state index contributed by atoms with van der Waals surface area (Å²) < 4.78 is 75.9. The lowest BCUT2D eigenvalue weighted by atomic mass is 10.1. The first-order valence-corrected chi connectivity index (χ1v) is 12.1. The van der Waals surface area contributed by atoms with Gasteiger partial charge < -0.3 is 15.8 Å². The van der Waals surface area contributed by atoms with Crippen LogP contribution in [0.3, 0.4) is 0 Å². The molecule has 9 nitrogen and oxygen atoms in total. The van der Waals surface area contributed by atoms with Crippen molar-refractivity contribution in [2.45, 2.75) is 31.9 Å². The molecule has 0 spiro atoms. The summed E-state index contributed by atoms with van der Waals surface area (Å²) in [7, 11) is 1.28. The quantitative estimate of drug-likeness (QED) is 0.345. The highest BCUT2D eigenvalue weighted by molar-refractivity contribution is 5.98. The first-order valence-electron chi connectivity index (χ1n) is 12.1. The predicted molar refractivity (Wildman–Crippen MR) is 135 cm³/mol. The summed E-state index contributed by atoms with van der Waals surface area (Å²) in [5.41, 5.74) is 5.49. The Morgan fingerprint density at radius 1 is 1.20 bits per heavy atom. The number of carbonyl (C=O) groups excluding carboxylic acids is 1. The van der Waals surface area contributed by atoms with Crippen molar-refractivity contribution in [3.8, 4) is 17.1 Å². The smallest absolute Gasteiger partial charge is 0.418 e. The summed E-state index contributed by atoms with van der Waals surface area (Å²) in [6.45, 7) is 2.24. The molecule has 2 atom stereocenters. The maximum atomic E-state index is 14.9. The highest BCUT2D eigenvalue weighted by Crippen LogP contribution is 2.39. The van der Waals surface area contributed by atoms with E-state index in [1.807, 2.05) is 0 Å². The molecular formula is C26H24F5N7O2. The topological polar surface area (TPSA) is 111 Å². The minimum absolute atomic E-state index is 0.0365. The highest BCUT2D eigenvalue weighted by atomic mass is 19.4. The van der Waals surface area contributed by atoms with Gasteiger partial charge in [-0.05, 0) is 36.2 Å². The standard InChI is InChI=1S/C26H24F5N7O2/c1-13-5-14(3-4-18(13)27)9-37-10-19(28)20(11-37)36-24(39)16-6-15(8-33-25(16)40-2)21-7-17(26(29,30)31)22-23(32)34-12-35-38(21)22/h3-8,12,19-20H,9-11H2,1-2H3,(H,36,39)(H2,32,34,35). The van der Waals surface area contributed by atoms with Crippen molar-refractivity contribution in [2.24, 2.45) is 0 Å². The molecular weight excluding hydrogens is 537 g/mol. The molecule has 0 aliphatic carbocycles. The molecule has 1 amide bonds. The average Bonchev–Trinajstić information content (AvgIpc) is 3.47. The molecule has 0 saturated carbocycles. The zero-order chi connectivity index (χ0) is 28.8. The number of nitrogens with one attached hydrogen (secondary N) is 1. The van der Waals surface area contributed by atoms with E-state index in [-0.39, 0.29) is 47.4 Å². The van der Waals surface area contributed by atoms with Crippen LogP contribution in [-0.4, -0.2) is 62.8 Å². The third-order valence-corrected chi connectivity index (χ3v) is 6.74. The van der Waals surface area contributed by atoms with Crippen LogP contribution in [0, 0.1) is 12.7 Å². The van der Waals surface area contributed by atoms with Gasteiger partial charge in [-0.3, -0.25) is 9.69 Å². The van der Waals surface area contributed by atoms with Crippen molar-refractivity contribution in [1.82, 2.24) is 29.8 Å². The molecule has 14 heteroatoms. The number of alkyl halides is 4. The number of rotatable bonds is 6. The second kappa shape index (κ2) is 10.3. The van der Waals surface area contributed by atoms with E-state index in [9.17, 15) is 26.7 Å². The van der Waals surface area contributed by atoms with Gasteiger partial charge in [0.05, 0.1) is 24.4 Å². The number of benzene rings is 1. The van der Waals surface area contributed by atoms with Crippen molar-refractivity contribution >= 4 is 17.2 Å². The summed E-state index contributed by atoms with van der Waals surface area (Å²) in [4.78, 5) is 22.8. The Hall–Kier alpha value is -4.33. The lowest BCUT2D eigenvalue weighted by Gasteiger charge is -2.17. The second-order valence-corrected chi connectivity index (χ2v) is 9.50. The average molecular weight is 562 g/mol. The van der Waals surface area contributed by atoms with Gasteiger partial charge >= 0.3 is 6.18 Å². The molecule has 4 aromatic rings. The van der Waals surface area contributed by atoms with Crippen LogP contribution in [-0.2, 0) is 12.7 Å². The van der Waals surface area contributed by atoms with Gasteiger partial charge in [0.2, 0.25) is 5.88 Å². The van der Waals surface area contributed by atoms with Crippen molar-refractivity contribution in [3.05, 3.63) is 70.9 Å². The first kappa shape index (κ1) is 27.2. The monoisotopic (exact) mass is 561 g/mol. The van der Waals surface area contributed by atoms with Gasteiger partial charge in [0, 0.05) is 31.4 Å². The summed E-state index contributed by atoms with van der Waals surface area (Å²) in [6.07, 6.45) is -3.90. The third-order valence-electron chi connectivity index (χ3n) is 6.74. The van der Waals surface area contributed by atoms with Gasteiger partial charge in [-0.15, -0.1) is 0 Å². The number of hydrogen-bond acceptors (Lipinski definition) is 7. The Kier molecular flexibility index (Phi) is 7.04. The minimum atomic E-state index is -4.75. The summed E-state index contributed by atoms with van der Waals surface area (Å²) >= 11 is 0. The minimum Gasteiger partial charge on any atom is -0.480 e. The maximum Gasteiger partial charge on any atom is 0.418 e. The predicted octanol–water partition coefficient (Wildman–Crippen LogP) is 3.80. The van der Waals surface area contributed by atoms with Gasteiger partial charge in [-0.1, -0.05) is 12.1 Å². The van der Waals surface area contributed by atoms with Crippen LogP contribution >= 0.6 is 0 Å². The van der Waals surface area contributed by atoms with E-state index in [1.165, 1.54) is 25.4 Å². The number of nitrogens with two attached hydrogens (primary N) is 1. The lowest BCUT2D eigenvalue weighted by Crippen LogP contribution is -2.41. The molecule has 0 bridgehead atoms. The van der Waals surface area contributed by atoms with E-state index < -0.39 is 35.4 Å². The number of amides is 1. The van der Waals surface area contributed by atoms with Crippen LogP contribution < -0.4 is 15.8 Å². The number of likely N-dealkylation sites (tertiary alicyclic amines) is 1. The van der Waals surface area contributed by atoms with Crippen molar-refractivity contribution in [3.63, 3.8) is 0 Å². The molecule has 1 aliphatic rings. The molecule has 3 aromatic heterocycles. The molecule has 5 rings (SSSR count). The van der Waals surface area contributed by atoms with Crippen LogP contribution in [0.25, 0.3) is 16.8 Å². The van der Waals surface area contributed by atoms with Crippen LogP contribution in [0.15, 0.2) is 42.9 Å². The van der Waals surface area contributed by atoms with Gasteiger partial charge in [0.25, 0.3) is 5.91 Å². The van der Waals surface area contributed by atoms with Gasteiger partial charge in [0.1, 0.15) is 29.4 Å². The normalized spacial score (nSPS) is 17.9. The van der Waals surface area contributed by atoms with Gasteiger partial charge in [0.15, 0.2) is 5.82 Å². The van der Waals surface area contributed by atoms with Crippen molar-refractivity contribution in [1.29, 1.82) is 0 Å². The number of nitrogens with zero attached hydrogens (tertiary/aromatic N) is 5. The first-order chi connectivity index (χ1) is 19.0. The summed E-state index contributed by atoms with van der Waals surface area (Å²) in [5.74, 6) is -1.52. The zero-order valence-electron chi connectivity index (χ0n) is 21.3. The van der Waals surface area contributed by atoms with Crippen molar-refractivity contribution < 1.29 is 31.5 Å². The molecule has 1 fully saturated rings. The number of fused-ring (bicyclic) bond motifs is 1. The largest absolute Gasteiger partial charge is 0.480 e. The van der Waals surface area contributed by atoms with Crippen LogP contribution in [0.4, 0.5) is 27.8 Å². The molecule has 0 radical (unpaired) electrons. The van der Waals surface area contributed by atoms with E-state index in [2.05, 4.69) is 20.4 Å². The fraction of sp³-hybridized carbons (Fsp3) is 0.308. The number of hydrogen-bond donors (Lipinski definition) is 2. The number of methoxy groups -OCH3 is 1. The van der Waals surface area contributed by atoms with E-state index in [4.69, 9.17) is 10.5 Å². The summed E-state index contributed by atoms with van der Waals surface area (Å²) in [6, 6.07) is 5.92. The number of carbonyl (C=O) groups is 1. The lowest BCUT2D eigenvalue weighted by molar-refractivity contribution is -0.136. The Balaban J connectivity index is 1.41. The molecule has 1 aromatic carbocycles. The van der Waals surface area contributed by atoms with E-state index >= 15 is 0 Å². The highest BCUT2D eigenvalue weighted by Gasteiger charge is 2.37. The number of aromatic nitrogens is 4. The number of aryl methyl sites for hydroxylation is 1. The molecule has 2 unspecified atom stereocenters. The molecule has 4 heterocycles. The zero-order valence-corrected chi connectivity index (χ0v) is 21.3. The third kappa shape index (κ3) is 5.13. The maximum absolute atomic E-state index is 14.9. The van der Waals surface area contributed by atoms with Gasteiger partial charge in [-0.2, -0.15) is 18.3 Å². The molecule has 1 aliphatic heterocycles. The molecule has 210 valence electrons. The van der Waals surface area contributed by atoms with E-state index in [1.54, 1.807) is 24.0 Å². The van der Waals surface area contributed by atoms with Crippen LogP contribution in [0.5, 0.6) is 5.88 Å². The van der Waals surface area contributed by atoms with Crippen LogP contribution in [0.2, 0.25) is 0 Å². The van der Waals surface area contributed by atoms with E-state index in [0.717, 1.165) is 22.5 Å². The Morgan fingerprint density at radius 2 is 1.98 bits per heavy atom. The summed E-state index contributed by atoms with van der Waals surface area (Å²) in [5, 5.41) is 6.55. The van der Waals surface area contributed by atoms with Crippen LogP contribution in [0.1, 0.15) is 27.0 Å². The number of anilines is 1. The van der Waals surface area contributed by atoms with E-state index in [0.29, 0.717) is 12.1 Å². The SMILES string of the molecule is COc1ncc(-c2cc(C(F)(F)F)c3c(N)ncnn23)cc1C(=O)NC1CN(Cc2ccc(F)c(C)c2)CC1F. The fourth-order valence-electron chi connectivity index (χ4n) is 4.82. The number of nitrogen functional groups attached to an aromatic ring is 1.